The van der Waals surface area contributed by atoms with Gasteiger partial charge in [0, 0.05) is 16.6 Å². The number of amides is 1. The second-order valence-corrected chi connectivity index (χ2v) is 5.84. The molecule has 27 heavy (non-hydrogen) atoms. The summed E-state index contributed by atoms with van der Waals surface area (Å²) in [6.45, 7) is 6.34. The van der Waals surface area contributed by atoms with E-state index in [2.05, 4.69) is 4.98 Å². The van der Waals surface area contributed by atoms with E-state index >= 15 is 0 Å². The molecule has 1 aliphatic heterocycles. The SMILES string of the molecule is CC.Cc1[nH]c2ccccc2c1C[C@H](N)C(N)=O.c1ccc2c(c1)OCO2. The molecule has 4 rings (SSSR count). The maximum absolute atomic E-state index is 11.0. The van der Waals surface area contributed by atoms with E-state index in [9.17, 15) is 4.79 Å². The van der Waals surface area contributed by atoms with Crippen LogP contribution in [0.4, 0.5) is 0 Å². The molecule has 0 bridgehead atoms. The van der Waals surface area contributed by atoms with Crippen LogP contribution in [0.25, 0.3) is 10.9 Å². The minimum atomic E-state index is -0.627. The van der Waals surface area contributed by atoms with Crippen molar-refractivity contribution in [2.75, 3.05) is 6.79 Å². The van der Waals surface area contributed by atoms with Crippen molar-refractivity contribution in [2.24, 2.45) is 11.5 Å². The van der Waals surface area contributed by atoms with Crippen molar-refractivity contribution in [3.63, 3.8) is 0 Å². The minimum Gasteiger partial charge on any atom is -0.454 e. The molecule has 1 amide bonds. The quantitative estimate of drug-likeness (QED) is 0.659. The molecule has 0 unspecified atom stereocenters. The number of fused-ring (bicyclic) bond motifs is 2. The van der Waals surface area contributed by atoms with Gasteiger partial charge in [-0.2, -0.15) is 0 Å². The predicted molar refractivity (Wildman–Crippen MR) is 108 cm³/mol. The highest BCUT2D eigenvalue weighted by molar-refractivity contribution is 5.86. The number of nitrogens with one attached hydrogen (secondary N) is 1. The Morgan fingerprint density at radius 2 is 1.63 bits per heavy atom. The Morgan fingerprint density at radius 1 is 1.07 bits per heavy atom. The van der Waals surface area contributed by atoms with Crippen molar-refractivity contribution in [3.8, 4) is 11.5 Å². The molecule has 0 saturated heterocycles. The molecule has 0 fully saturated rings. The largest absolute Gasteiger partial charge is 0.454 e. The summed E-state index contributed by atoms with van der Waals surface area (Å²) in [5.74, 6) is 1.22. The molecule has 0 saturated carbocycles. The van der Waals surface area contributed by atoms with Gasteiger partial charge in [0.15, 0.2) is 11.5 Å². The van der Waals surface area contributed by atoms with Crippen molar-refractivity contribution in [1.82, 2.24) is 4.98 Å². The van der Waals surface area contributed by atoms with Crippen molar-refractivity contribution in [2.45, 2.75) is 33.2 Å². The summed E-state index contributed by atoms with van der Waals surface area (Å²) in [7, 11) is 0. The number of carbonyl (C=O) groups is 1. The van der Waals surface area contributed by atoms with Crippen LogP contribution in [0.3, 0.4) is 0 Å². The first kappa shape index (κ1) is 20.3. The topological polar surface area (TPSA) is 103 Å². The Kier molecular flexibility index (Phi) is 7.25. The van der Waals surface area contributed by atoms with E-state index in [-0.39, 0.29) is 0 Å². The molecule has 0 radical (unpaired) electrons. The van der Waals surface area contributed by atoms with Gasteiger partial charge in [0.2, 0.25) is 12.7 Å². The van der Waals surface area contributed by atoms with Gasteiger partial charge in [0.25, 0.3) is 0 Å². The Balaban J connectivity index is 0.000000200. The van der Waals surface area contributed by atoms with E-state index in [1.54, 1.807) is 0 Å². The number of rotatable bonds is 3. The van der Waals surface area contributed by atoms with Crippen LogP contribution < -0.4 is 20.9 Å². The number of para-hydroxylation sites is 3. The second kappa shape index (κ2) is 9.64. The fourth-order valence-corrected chi connectivity index (χ4v) is 2.76. The second-order valence-electron chi connectivity index (χ2n) is 5.84. The van der Waals surface area contributed by atoms with Crippen LogP contribution in [0.5, 0.6) is 11.5 Å². The Labute approximate surface area is 159 Å². The maximum atomic E-state index is 11.0. The molecular formula is C21H27N3O3. The normalized spacial score (nSPS) is 12.4. The van der Waals surface area contributed by atoms with E-state index in [0.29, 0.717) is 13.2 Å². The zero-order chi connectivity index (χ0) is 19.8. The minimum absolute atomic E-state index is 0.360. The number of carbonyl (C=O) groups excluding carboxylic acids is 1. The van der Waals surface area contributed by atoms with Crippen LogP contribution in [0, 0.1) is 6.92 Å². The fraction of sp³-hybridized carbons (Fsp3) is 0.286. The molecular weight excluding hydrogens is 342 g/mol. The molecule has 144 valence electrons. The molecule has 5 N–H and O–H groups in total. The fourth-order valence-electron chi connectivity index (χ4n) is 2.76. The van der Waals surface area contributed by atoms with Gasteiger partial charge in [-0.3, -0.25) is 4.79 Å². The molecule has 2 aromatic carbocycles. The average Bonchev–Trinajstić information content (AvgIpc) is 3.28. The number of nitrogens with two attached hydrogens (primary N) is 2. The number of benzene rings is 2. The lowest BCUT2D eigenvalue weighted by molar-refractivity contribution is -0.119. The molecule has 6 nitrogen and oxygen atoms in total. The number of primary amides is 1. The summed E-state index contributed by atoms with van der Waals surface area (Å²) < 4.78 is 10.2. The molecule has 1 aromatic heterocycles. The van der Waals surface area contributed by atoms with E-state index in [1.807, 2.05) is 69.3 Å². The summed E-state index contributed by atoms with van der Waals surface area (Å²) >= 11 is 0. The monoisotopic (exact) mass is 369 g/mol. The Bertz CT molecular complexity index is 866. The number of aromatic nitrogens is 1. The van der Waals surface area contributed by atoms with Crippen LogP contribution in [-0.2, 0) is 11.2 Å². The third-order valence-electron chi connectivity index (χ3n) is 4.09. The molecule has 2 heterocycles. The summed E-state index contributed by atoms with van der Waals surface area (Å²) in [5.41, 5.74) is 14.0. The lowest BCUT2D eigenvalue weighted by Gasteiger charge is -2.07. The average molecular weight is 369 g/mol. The molecule has 3 aromatic rings. The van der Waals surface area contributed by atoms with Crippen molar-refractivity contribution in [3.05, 3.63) is 59.8 Å². The van der Waals surface area contributed by atoms with Crippen LogP contribution in [-0.4, -0.2) is 23.7 Å². The third kappa shape index (κ3) is 5.01. The number of H-pyrrole nitrogens is 1. The van der Waals surface area contributed by atoms with Gasteiger partial charge in [-0.05, 0) is 37.1 Å². The predicted octanol–water partition coefficient (Wildman–Crippen LogP) is 3.27. The van der Waals surface area contributed by atoms with Gasteiger partial charge >= 0.3 is 0 Å². The van der Waals surface area contributed by atoms with Crippen molar-refractivity contribution in [1.29, 1.82) is 0 Å². The molecule has 6 heteroatoms. The van der Waals surface area contributed by atoms with Crippen LogP contribution in [0.2, 0.25) is 0 Å². The van der Waals surface area contributed by atoms with Gasteiger partial charge in [-0.15, -0.1) is 0 Å². The van der Waals surface area contributed by atoms with E-state index < -0.39 is 11.9 Å². The lowest BCUT2D eigenvalue weighted by Crippen LogP contribution is -2.38. The third-order valence-corrected chi connectivity index (χ3v) is 4.09. The van der Waals surface area contributed by atoms with Gasteiger partial charge < -0.3 is 25.9 Å². The smallest absolute Gasteiger partial charge is 0.234 e. The van der Waals surface area contributed by atoms with Crippen molar-refractivity contribution < 1.29 is 14.3 Å². The van der Waals surface area contributed by atoms with E-state index in [0.717, 1.165) is 33.7 Å². The highest BCUT2D eigenvalue weighted by Gasteiger charge is 2.15. The lowest BCUT2D eigenvalue weighted by atomic mass is 10.0. The van der Waals surface area contributed by atoms with Gasteiger partial charge in [0.05, 0.1) is 6.04 Å². The molecule has 0 spiro atoms. The van der Waals surface area contributed by atoms with Gasteiger partial charge in [-0.25, -0.2) is 0 Å². The number of aryl methyl sites for hydroxylation is 1. The standard InChI is InChI=1S/C12H15N3O.C7H6O2.C2H6/c1-7-9(6-10(13)12(14)16)8-4-2-3-5-11(8)15-7;1-2-4-7-6(3-1)8-5-9-7;1-2/h2-5,10,15H,6,13H2,1H3,(H2,14,16);1-4H,5H2;1-2H3/t10-;;/m0../s1. The number of aromatic amines is 1. The zero-order valence-corrected chi connectivity index (χ0v) is 16.0. The highest BCUT2D eigenvalue weighted by atomic mass is 16.7. The van der Waals surface area contributed by atoms with Crippen LogP contribution >= 0.6 is 0 Å². The number of ether oxygens (including phenoxy) is 2. The first-order chi connectivity index (χ1) is 13.1. The summed E-state index contributed by atoms with van der Waals surface area (Å²) in [4.78, 5) is 14.2. The number of hydrogen-bond acceptors (Lipinski definition) is 4. The zero-order valence-electron chi connectivity index (χ0n) is 16.0. The molecule has 0 aliphatic carbocycles. The van der Waals surface area contributed by atoms with Gasteiger partial charge in [0.1, 0.15) is 0 Å². The Morgan fingerprint density at radius 3 is 2.22 bits per heavy atom. The van der Waals surface area contributed by atoms with E-state index in [4.69, 9.17) is 20.9 Å². The van der Waals surface area contributed by atoms with Crippen LogP contribution in [0.1, 0.15) is 25.1 Å². The first-order valence-corrected chi connectivity index (χ1v) is 9.02. The molecule has 1 atom stereocenters. The van der Waals surface area contributed by atoms with Gasteiger partial charge in [-0.1, -0.05) is 44.2 Å². The van der Waals surface area contributed by atoms with Crippen LogP contribution in [0.15, 0.2) is 48.5 Å². The summed E-state index contributed by atoms with van der Waals surface area (Å²) in [5, 5.41) is 1.11. The Hall–Kier alpha value is -2.99. The summed E-state index contributed by atoms with van der Waals surface area (Å²) in [6.07, 6.45) is 0.477. The first-order valence-electron chi connectivity index (χ1n) is 9.02. The highest BCUT2D eigenvalue weighted by Crippen LogP contribution is 2.30. The van der Waals surface area contributed by atoms with E-state index in [1.165, 1.54) is 0 Å². The van der Waals surface area contributed by atoms with Crippen molar-refractivity contribution >= 4 is 16.8 Å². The number of hydrogen-bond donors (Lipinski definition) is 3. The molecule has 1 aliphatic rings. The summed E-state index contributed by atoms with van der Waals surface area (Å²) in [6, 6.07) is 15.0. The maximum Gasteiger partial charge on any atom is 0.234 e.